The number of likely N-dealkylation sites (tertiary alicyclic amines) is 1. The third-order valence-electron chi connectivity index (χ3n) is 4.66. The minimum atomic E-state index is -0.347. The minimum absolute atomic E-state index is 0.0192. The average molecular weight is 354 g/mol. The summed E-state index contributed by atoms with van der Waals surface area (Å²) in [7, 11) is 0. The third-order valence-corrected chi connectivity index (χ3v) is 4.66. The summed E-state index contributed by atoms with van der Waals surface area (Å²) in [5, 5.41) is 21.9. The summed E-state index contributed by atoms with van der Waals surface area (Å²) in [6.45, 7) is 3.07. The van der Waals surface area contributed by atoms with E-state index in [2.05, 4.69) is 5.32 Å². The summed E-state index contributed by atoms with van der Waals surface area (Å²) in [6.07, 6.45) is 1.32. The Bertz CT molecular complexity index is 806. The smallest absolute Gasteiger partial charge is 0.254 e. The third kappa shape index (κ3) is 3.96. The van der Waals surface area contributed by atoms with Crippen molar-refractivity contribution in [1.29, 1.82) is 0 Å². The van der Waals surface area contributed by atoms with Crippen molar-refractivity contribution in [3.8, 4) is 11.5 Å². The topological polar surface area (TPSA) is 89.9 Å². The molecule has 0 radical (unpaired) electrons. The van der Waals surface area contributed by atoms with Gasteiger partial charge >= 0.3 is 0 Å². The maximum absolute atomic E-state index is 12.6. The van der Waals surface area contributed by atoms with Gasteiger partial charge in [-0.15, -0.1) is 0 Å². The normalized spacial score (nSPS) is 14.9. The molecule has 0 saturated carbocycles. The average Bonchev–Trinajstić information content (AvgIpc) is 2.61. The number of rotatable bonds is 3. The quantitative estimate of drug-likeness (QED) is 0.790. The predicted molar refractivity (Wildman–Crippen MR) is 97.3 cm³/mol. The molecule has 1 aliphatic heterocycles. The van der Waals surface area contributed by atoms with Gasteiger partial charge in [0.05, 0.1) is 0 Å². The fourth-order valence-electron chi connectivity index (χ4n) is 3.21. The summed E-state index contributed by atoms with van der Waals surface area (Å²) in [6, 6.07) is 11.3. The molecule has 1 fully saturated rings. The summed E-state index contributed by atoms with van der Waals surface area (Å²) >= 11 is 0. The number of amides is 2. The van der Waals surface area contributed by atoms with E-state index in [0.29, 0.717) is 31.5 Å². The molecule has 0 bridgehead atoms. The monoisotopic (exact) mass is 354 g/mol. The van der Waals surface area contributed by atoms with Gasteiger partial charge in [-0.3, -0.25) is 9.59 Å². The number of carbonyl (C=O) groups excluding carboxylic acids is 2. The van der Waals surface area contributed by atoms with Crippen LogP contribution in [0, 0.1) is 6.92 Å². The van der Waals surface area contributed by atoms with E-state index in [9.17, 15) is 19.8 Å². The fourth-order valence-corrected chi connectivity index (χ4v) is 3.21. The van der Waals surface area contributed by atoms with Crippen LogP contribution in [0.2, 0.25) is 0 Å². The number of carbonyl (C=O) groups is 2. The Kier molecular flexibility index (Phi) is 5.11. The highest BCUT2D eigenvalue weighted by Gasteiger charge is 2.25. The van der Waals surface area contributed by atoms with Crippen molar-refractivity contribution in [1.82, 2.24) is 10.2 Å². The van der Waals surface area contributed by atoms with Gasteiger partial charge < -0.3 is 20.4 Å². The van der Waals surface area contributed by atoms with E-state index in [1.165, 1.54) is 18.2 Å². The lowest BCUT2D eigenvalue weighted by Gasteiger charge is -2.32. The zero-order chi connectivity index (χ0) is 18.7. The van der Waals surface area contributed by atoms with Gasteiger partial charge in [-0.05, 0) is 43.5 Å². The van der Waals surface area contributed by atoms with Crippen molar-refractivity contribution < 1.29 is 19.8 Å². The molecule has 2 aromatic carbocycles. The molecule has 6 heteroatoms. The second-order valence-corrected chi connectivity index (χ2v) is 6.59. The summed E-state index contributed by atoms with van der Waals surface area (Å²) in [4.78, 5) is 26.7. The maximum atomic E-state index is 12.6. The molecule has 0 aromatic heterocycles. The number of phenolic OH excluding ortho intramolecular Hbond substituents is 2. The van der Waals surface area contributed by atoms with Crippen LogP contribution in [0.5, 0.6) is 11.5 Å². The van der Waals surface area contributed by atoms with Crippen LogP contribution in [-0.2, 0) is 0 Å². The van der Waals surface area contributed by atoms with Crippen LogP contribution in [-0.4, -0.2) is 46.1 Å². The molecule has 2 amide bonds. The van der Waals surface area contributed by atoms with E-state index in [0.717, 1.165) is 5.56 Å². The highest BCUT2D eigenvalue weighted by molar-refractivity contribution is 5.96. The number of aromatic hydroxyl groups is 2. The minimum Gasteiger partial charge on any atom is -0.508 e. The summed E-state index contributed by atoms with van der Waals surface area (Å²) in [5.74, 6) is -0.645. The first-order valence-corrected chi connectivity index (χ1v) is 8.63. The largest absolute Gasteiger partial charge is 0.508 e. The van der Waals surface area contributed by atoms with Gasteiger partial charge in [-0.2, -0.15) is 0 Å². The van der Waals surface area contributed by atoms with Gasteiger partial charge in [0.2, 0.25) is 0 Å². The van der Waals surface area contributed by atoms with Gasteiger partial charge in [0.1, 0.15) is 11.5 Å². The van der Waals surface area contributed by atoms with E-state index in [4.69, 9.17) is 0 Å². The second-order valence-electron chi connectivity index (χ2n) is 6.59. The molecule has 3 N–H and O–H groups in total. The molecule has 0 aliphatic carbocycles. The molecule has 136 valence electrons. The number of hydrogen-bond donors (Lipinski definition) is 3. The van der Waals surface area contributed by atoms with E-state index in [-0.39, 0.29) is 34.9 Å². The standard InChI is InChI=1S/C20H22N2O4/c1-13-4-2-3-5-18(13)20(26)22-8-6-15(7-9-22)21-19(25)14-10-16(23)12-17(24)11-14/h2-5,10-12,15,23-24H,6-9H2,1H3,(H,21,25). The van der Waals surface area contributed by atoms with Crippen molar-refractivity contribution in [2.45, 2.75) is 25.8 Å². The molecule has 1 saturated heterocycles. The molecule has 3 rings (SSSR count). The van der Waals surface area contributed by atoms with Crippen LogP contribution in [0.3, 0.4) is 0 Å². The lowest BCUT2D eigenvalue weighted by Crippen LogP contribution is -2.46. The maximum Gasteiger partial charge on any atom is 0.254 e. The molecule has 6 nitrogen and oxygen atoms in total. The van der Waals surface area contributed by atoms with Crippen molar-refractivity contribution in [2.24, 2.45) is 0 Å². The number of aryl methyl sites for hydroxylation is 1. The highest BCUT2D eigenvalue weighted by atomic mass is 16.3. The van der Waals surface area contributed by atoms with Crippen LogP contribution in [0.15, 0.2) is 42.5 Å². The molecular formula is C20H22N2O4. The van der Waals surface area contributed by atoms with Gasteiger partial charge in [-0.25, -0.2) is 0 Å². The number of nitrogens with zero attached hydrogens (tertiary/aromatic N) is 1. The van der Waals surface area contributed by atoms with Gasteiger partial charge in [0, 0.05) is 36.3 Å². The Morgan fingerprint density at radius 1 is 1.04 bits per heavy atom. The Labute approximate surface area is 152 Å². The van der Waals surface area contributed by atoms with Crippen LogP contribution in [0.1, 0.15) is 39.1 Å². The van der Waals surface area contributed by atoms with Crippen molar-refractivity contribution in [3.63, 3.8) is 0 Å². The number of piperidine rings is 1. The SMILES string of the molecule is Cc1ccccc1C(=O)N1CCC(NC(=O)c2cc(O)cc(O)c2)CC1. The fraction of sp³-hybridized carbons (Fsp3) is 0.300. The van der Waals surface area contributed by atoms with Crippen LogP contribution < -0.4 is 5.32 Å². The molecule has 0 unspecified atom stereocenters. The molecule has 26 heavy (non-hydrogen) atoms. The van der Waals surface area contributed by atoms with Crippen molar-refractivity contribution >= 4 is 11.8 Å². The number of nitrogens with one attached hydrogen (secondary N) is 1. The van der Waals surface area contributed by atoms with Gasteiger partial charge in [0.15, 0.2) is 0 Å². The molecule has 1 aliphatic rings. The second kappa shape index (κ2) is 7.47. The van der Waals surface area contributed by atoms with E-state index in [1.54, 1.807) is 0 Å². The first-order valence-electron chi connectivity index (χ1n) is 8.63. The lowest BCUT2D eigenvalue weighted by atomic mass is 10.0. The van der Waals surface area contributed by atoms with Crippen molar-refractivity contribution in [3.05, 3.63) is 59.2 Å². The summed E-state index contributed by atoms with van der Waals surface area (Å²) < 4.78 is 0. The lowest BCUT2D eigenvalue weighted by molar-refractivity contribution is 0.0697. The van der Waals surface area contributed by atoms with E-state index >= 15 is 0 Å². The number of hydrogen-bond acceptors (Lipinski definition) is 4. The molecule has 2 aromatic rings. The van der Waals surface area contributed by atoms with Crippen LogP contribution in [0.4, 0.5) is 0 Å². The van der Waals surface area contributed by atoms with Gasteiger partial charge in [0.25, 0.3) is 11.8 Å². The summed E-state index contributed by atoms with van der Waals surface area (Å²) in [5.41, 5.74) is 1.88. The van der Waals surface area contributed by atoms with E-state index < -0.39 is 0 Å². The molecular weight excluding hydrogens is 332 g/mol. The van der Waals surface area contributed by atoms with E-state index in [1.807, 2.05) is 36.1 Å². The number of phenols is 2. The van der Waals surface area contributed by atoms with Crippen LogP contribution in [0.25, 0.3) is 0 Å². The zero-order valence-electron chi connectivity index (χ0n) is 14.6. The molecule has 1 heterocycles. The zero-order valence-corrected chi connectivity index (χ0v) is 14.6. The number of benzene rings is 2. The molecule has 0 spiro atoms. The van der Waals surface area contributed by atoms with Crippen LogP contribution >= 0.6 is 0 Å². The Balaban J connectivity index is 1.58. The predicted octanol–water partition coefficient (Wildman–Crippen LogP) is 2.44. The van der Waals surface area contributed by atoms with Gasteiger partial charge in [-0.1, -0.05) is 18.2 Å². The molecule has 0 atom stereocenters. The Morgan fingerprint density at radius 2 is 1.65 bits per heavy atom. The Hall–Kier alpha value is -3.02. The Morgan fingerprint density at radius 3 is 2.27 bits per heavy atom. The first kappa shape index (κ1) is 17.8. The first-order chi connectivity index (χ1) is 12.4. The van der Waals surface area contributed by atoms with Crippen molar-refractivity contribution in [2.75, 3.05) is 13.1 Å². The highest BCUT2D eigenvalue weighted by Crippen LogP contribution is 2.21.